The molecular weight excluding hydrogens is 324 g/mol. The van der Waals surface area contributed by atoms with Crippen LogP contribution in [0, 0.1) is 4.77 Å². The summed E-state index contributed by atoms with van der Waals surface area (Å²) < 4.78 is 7.97. The molecule has 3 N–H and O–H groups in total. The second kappa shape index (κ2) is 6.35. The van der Waals surface area contributed by atoms with E-state index in [4.69, 9.17) is 17.0 Å². The number of hydrogen-bond donors (Lipinski definition) is 3. The summed E-state index contributed by atoms with van der Waals surface area (Å²) in [7, 11) is 0. The van der Waals surface area contributed by atoms with Crippen LogP contribution >= 0.6 is 12.2 Å². The molecule has 0 bridgehead atoms. The van der Waals surface area contributed by atoms with Gasteiger partial charge in [0.25, 0.3) is 5.56 Å². The largest absolute Gasteiger partial charge is 0.378 e. The first-order valence-corrected chi connectivity index (χ1v) is 8.34. The topological polar surface area (TPSA) is 74.8 Å². The van der Waals surface area contributed by atoms with Crippen LogP contribution < -0.4 is 10.9 Å². The summed E-state index contributed by atoms with van der Waals surface area (Å²) in [5.74, 6) is 0. The van der Waals surface area contributed by atoms with Crippen LogP contribution in [0.15, 0.2) is 41.3 Å². The molecule has 3 aromatic rings. The van der Waals surface area contributed by atoms with Crippen LogP contribution in [0.1, 0.15) is 17.2 Å². The summed E-state index contributed by atoms with van der Waals surface area (Å²) in [6, 6.07) is 10.3. The Bertz CT molecular complexity index is 982. The Labute approximate surface area is 143 Å². The minimum atomic E-state index is -0.188. The lowest BCUT2D eigenvalue weighted by molar-refractivity contribution is 0.0766. The summed E-state index contributed by atoms with van der Waals surface area (Å²) in [4.78, 5) is 17.7. The highest BCUT2D eigenvalue weighted by Gasteiger charge is 2.18. The van der Waals surface area contributed by atoms with E-state index in [0.29, 0.717) is 23.4 Å². The van der Waals surface area contributed by atoms with Crippen molar-refractivity contribution in [3.8, 4) is 0 Å². The highest BCUT2D eigenvalue weighted by Crippen LogP contribution is 2.22. The molecule has 4 rings (SSSR count). The number of nitrogens with one attached hydrogen (secondary N) is 3. The molecule has 7 heteroatoms. The Morgan fingerprint density at radius 3 is 3.00 bits per heavy atom. The fraction of sp³-hybridized carbons (Fsp3) is 0.294. The second-order valence-corrected chi connectivity index (χ2v) is 6.25. The smallest absolute Gasteiger partial charge is 0.276 e. The Balaban J connectivity index is 1.78. The molecule has 3 heterocycles. The summed E-state index contributed by atoms with van der Waals surface area (Å²) in [6.07, 6.45) is 1.76. The molecule has 2 aromatic heterocycles. The van der Waals surface area contributed by atoms with Gasteiger partial charge in [0.2, 0.25) is 0 Å². The zero-order chi connectivity index (χ0) is 16.5. The van der Waals surface area contributed by atoms with Gasteiger partial charge in [-0.1, -0.05) is 24.3 Å². The van der Waals surface area contributed by atoms with Crippen molar-refractivity contribution < 1.29 is 4.74 Å². The van der Waals surface area contributed by atoms with Crippen molar-refractivity contribution in [3.63, 3.8) is 0 Å². The molecule has 0 radical (unpaired) electrons. The lowest BCUT2D eigenvalue weighted by atomic mass is 10.00. The summed E-state index contributed by atoms with van der Waals surface area (Å²) >= 11 is 5.39. The highest BCUT2D eigenvalue weighted by atomic mass is 32.1. The average molecular weight is 342 g/mol. The standard InChI is InChI=1S/C17H18N4O2S/c22-16-15-14(5-6-19-15)21(17(24)20-16)9-11-3-1-2-4-12(11)13-10-23-8-7-18-13/h1-6,13,18-19H,7-10H2,(H,20,22,24)/t13-/m1/s1. The number of aromatic amines is 2. The van der Waals surface area contributed by atoms with Crippen LogP contribution in [0.5, 0.6) is 0 Å². The molecule has 0 amide bonds. The van der Waals surface area contributed by atoms with Crippen molar-refractivity contribution in [1.29, 1.82) is 0 Å². The lowest BCUT2D eigenvalue weighted by Gasteiger charge is -2.26. The second-order valence-electron chi connectivity index (χ2n) is 5.86. The van der Waals surface area contributed by atoms with Gasteiger partial charge in [0.15, 0.2) is 4.77 Å². The zero-order valence-electron chi connectivity index (χ0n) is 13.0. The van der Waals surface area contributed by atoms with Gasteiger partial charge in [0, 0.05) is 12.7 Å². The first-order chi connectivity index (χ1) is 11.7. The molecular formula is C17H18N4O2S. The third kappa shape index (κ3) is 2.71. The molecule has 6 nitrogen and oxygen atoms in total. The van der Waals surface area contributed by atoms with E-state index in [1.165, 1.54) is 5.56 Å². The fourth-order valence-corrected chi connectivity index (χ4v) is 3.47. The third-order valence-corrected chi connectivity index (χ3v) is 4.71. The van der Waals surface area contributed by atoms with Gasteiger partial charge < -0.3 is 19.6 Å². The molecule has 1 atom stereocenters. The molecule has 1 fully saturated rings. The van der Waals surface area contributed by atoms with E-state index in [-0.39, 0.29) is 11.6 Å². The van der Waals surface area contributed by atoms with Crippen LogP contribution in [0.2, 0.25) is 0 Å². The number of fused-ring (bicyclic) bond motifs is 1. The van der Waals surface area contributed by atoms with E-state index >= 15 is 0 Å². The maximum atomic E-state index is 12.0. The van der Waals surface area contributed by atoms with Crippen molar-refractivity contribution in [3.05, 3.63) is 62.8 Å². The number of aromatic nitrogens is 3. The predicted molar refractivity (Wildman–Crippen MR) is 94.9 cm³/mol. The lowest BCUT2D eigenvalue weighted by Crippen LogP contribution is -2.35. The molecule has 124 valence electrons. The van der Waals surface area contributed by atoms with Gasteiger partial charge in [0.05, 0.1) is 31.3 Å². The van der Waals surface area contributed by atoms with Crippen LogP contribution in [-0.2, 0) is 11.3 Å². The van der Waals surface area contributed by atoms with Gasteiger partial charge in [-0.15, -0.1) is 0 Å². The predicted octanol–water partition coefficient (Wildman–Crippen LogP) is 2.10. The first kappa shape index (κ1) is 15.3. The van der Waals surface area contributed by atoms with Crippen LogP contribution in [0.25, 0.3) is 11.0 Å². The SMILES string of the molecule is O=c1[nH]c(=S)n(Cc2ccccc2[C@H]2COCCN2)c2cc[nH]c12. The van der Waals surface area contributed by atoms with E-state index in [0.717, 1.165) is 24.2 Å². The average Bonchev–Trinajstić information content (AvgIpc) is 3.10. The van der Waals surface area contributed by atoms with E-state index in [2.05, 4.69) is 27.4 Å². The molecule has 1 aromatic carbocycles. The number of nitrogens with zero attached hydrogens (tertiary/aromatic N) is 1. The number of rotatable bonds is 3. The highest BCUT2D eigenvalue weighted by molar-refractivity contribution is 7.71. The Kier molecular flexibility index (Phi) is 4.05. The molecule has 0 aliphatic carbocycles. The summed E-state index contributed by atoms with van der Waals surface area (Å²) in [5.41, 5.74) is 3.53. The molecule has 0 unspecified atom stereocenters. The van der Waals surface area contributed by atoms with Crippen molar-refractivity contribution in [2.45, 2.75) is 12.6 Å². The van der Waals surface area contributed by atoms with Gasteiger partial charge in [-0.25, -0.2) is 0 Å². The monoisotopic (exact) mass is 342 g/mol. The first-order valence-electron chi connectivity index (χ1n) is 7.93. The summed E-state index contributed by atoms with van der Waals surface area (Å²) in [6.45, 7) is 2.85. The van der Waals surface area contributed by atoms with Crippen LogP contribution in [0.3, 0.4) is 0 Å². The maximum Gasteiger partial charge on any atom is 0.276 e. The molecule has 1 aliphatic heterocycles. The number of ether oxygens (including phenoxy) is 1. The van der Waals surface area contributed by atoms with Gasteiger partial charge in [-0.2, -0.15) is 0 Å². The van der Waals surface area contributed by atoms with Gasteiger partial charge >= 0.3 is 0 Å². The van der Waals surface area contributed by atoms with Crippen LogP contribution in [0.4, 0.5) is 0 Å². The molecule has 0 saturated carbocycles. The summed E-state index contributed by atoms with van der Waals surface area (Å²) in [5, 5.41) is 3.49. The van der Waals surface area contributed by atoms with Gasteiger partial charge in [-0.3, -0.25) is 9.78 Å². The molecule has 1 aliphatic rings. The van der Waals surface area contributed by atoms with Crippen LogP contribution in [-0.4, -0.2) is 34.3 Å². The fourth-order valence-electron chi connectivity index (χ4n) is 3.22. The number of benzene rings is 1. The molecule has 0 spiro atoms. The number of H-pyrrole nitrogens is 2. The molecule has 1 saturated heterocycles. The van der Waals surface area contributed by atoms with E-state index in [9.17, 15) is 4.79 Å². The van der Waals surface area contributed by atoms with E-state index < -0.39 is 0 Å². The third-order valence-electron chi connectivity index (χ3n) is 4.39. The van der Waals surface area contributed by atoms with Gasteiger partial charge in [0.1, 0.15) is 5.52 Å². The van der Waals surface area contributed by atoms with Crippen molar-refractivity contribution in [1.82, 2.24) is 19.9 Å². The van der Waals surface area contributed by atoms with E-state index in [1.54, 1.807) is 6.20 Å². The van der Waals surface area contributed by atoms with Crippen molar-refractivity contribution >= 4 is 23.3 Å². The Hall–Kier alpha value is -2.22. The minimum Gasteiger partial charge on any atom is -0.378 e. The van der Waals surface area contributed by atoms with E-state index in [1.807, 2.05) is 22.8 Å². The van der Waals surface area contributed by atoms with Crippen molar-refractivity contribution in [2.75, 3.05) is 19.8 Å². The number of hydrogen-bond acceptors (Lipinski definition) is 4. The van der Waals surface area contributed by atoms with Gasteiger partial charge in [-0.05, 0) is 29.4 Å². The normalized spacial score (nSPS) is 18.1. The number of morpholine rings is 1. The van der Waals surface area contributed by atoms with Crippen molar-refractivity contribution in [2.24, 2.45) is 0 Å². The quantitative estimate of drug-likeness (QED) is 0.637. The minimum absolute atomic E-state index is 0.175. The zero-order valence-corrected chi connectivity index (χ0v) is 13.9. The Morgan fingerprint density at radius 2 is 2.17 bits per heavy atom. The molecule has 24 heavy (non-hydrogen) atoms. The Morgan fingerprint density at radius 1 is 1.29 bits per heavy atom. The maximum absolute atomic E-state index is 12.0.